The van der Waals surface area contributed by atoms with Gasteiger partial charge in [-0.05, 0) is 6.42 Å². The van der Waals surface area contributed by atoms with Crippen LogP contribution in [0.25, 0.3) is 0 Å². The molecule has 12 heteroatoms. The highest BCUT2D eigenvalue weighted by Gasteiger charge is 2.36. The van der Waals surface area contributed by atoms with Gasteiger partial charge in [-0.2, -0.15) is 0 Å². The fourth-order valence-corrected chi connectivity index (χ4v) is 3.51. The molecule has 0 aromatic carbocycles. The second kappa shape index (κ2) is 10.2. The van der Waals surface area contributed by atoms with E-state index in [0.29, 0.717) is 19.0 Å². The van der Waals surface area contributed by atoms with Gasteiger partial charge in [-0.15, -0.1) is 0 Å². The van der Waals surface area contributed by atoms with Crippen LogP contribution < -0.4 is 10.6 Å². The zero-order valence-corrected chi connectivity index (χ0v) is 14.2. The van der Waals surface area contributed by atoms with Gasteiger partial charge >= 0.3 is 22.7 Å². The number of hydrogen-bond acceptors (Lipinski definition) is 6. The van der Waals surface area contributed by atoms with E-state index in [4.69, 9.17) is 23.1 Å². The van der Waals surface area contributed by atoms with Crippen LogP contribution in [-0.2, 0) is 22.4 Å². The van der Waals surface area contributed by atoms with Crippen molar-refractivity contribution in [2.75, 3.05) is 41.0 Å². The maximum absolute atomic E-state index is 11.3. The van der Waals surface area contributed by atoms with Gasteiger partial charge in [-0.25, -0.2) is 9.36 Å². The zero-order chi connectivity index (χ0) is 16.4. The molecular weight excluding hydrogens is 323 g/mol. The maximum atomic E-state index is 11.3. The number of phosphoric acid groups is 1. The summed E-state index contributed by atoms with van der Waals surface area (Å²) in [5, 5.41) is 4.98. The Morgan fingerprint density at radius 1 is 1.10 bits per heavy atom. The molecule has 4 N–H and O–H groups in total. The standard InChI is InChI=1S/C9H23N2O8PSi/c1-16-21(17-2,18-3)8-4-5-10-9(12)11-6-7-19-20(13,14)15/h4-8H2,1-3H3,(H2,10,11,12)(H2,13,14,15). The van der Waals surface area contributed by atoms with Gasteiger partial charge in [0.05, 0.1) is 6.61 Å². The molecule has 0 saturated carbocycles. The minimum atomic E-state index is -4.49. The van der Waals surface area contributed by atoms with E-state index in [-0.39, 0.29) is 13.2 Å². The number of rotatable bonds is 11. The highest BCUT2D eigenvalue weighted by molar-refractivity contribution is 7.46. The summed E-state index contributed by atoms with van der Waals surface area (Å²) in [5.41, 5.74) is 0. The van der Waals surface area contributed by atoms with Crippen LogP contribution in [-0.4, -0.2) is 65.6 Å². The highest BCUT2D eigenvalue weighted by atomic mass is 31.2. The molecule has 0 aromatic heterocycles. The van der Waals surface area contributed by atoms with Crippen molar-refractivity contribution in [2.24, 2.45) is 0 Å². The lowest BCUT2D eigenvalue weighted by atomic mass is 10.5. The van der Waals surface area contributed by atoms with E-state index in [1.807, 2.05) is 0 Å². The quantitative estimate of drug-likeness (QED) is 0.227. The topological polar surface area (TPSA) is 136 Å². The molecule has 0 spiro atoms. The lowest BCUT2D eigenvalue weighted by Crippen LogP contribution is -2.44. The first-order valence-electron chi connectivity index (χ1n) is 6.16. The monoisotopic (exact) mass is 346 g/mol. The van der Waals surface area contributed by atoms with Crippen molar-refractivity contribution in [2.45, 2.75) is 12.5 Å². The normalized spacial score (nSPS) is 12.2. The third-order valence-electron chi connectivity index (χ3n) is 2.53. The average molecular weight is 346 g/mol. The molecule has 2 amide bonds. The van der Waals surface area contributed by atoms with E-state index < -0.39 is 22.7 Å². The molecule has 0 radical (unpaired) electrons. The van der Waals surface area contributed by atoms with Gasteiger partial charge in [-0.1, -0.05) is 0 Å². The SMILES string of the molecule is CO[Si](CCCNC(=O)NCCOP(=O)(O)O)(OC)OC. The largest absolute Gasteiger partial charge is 0.500 e. The molecule has 0 bridgehead atoms. The Balaban J connectivity index is 3.73. The number of hydrogen-bond donors (Lipinski definition) is 4. The Labute approximate surface area is 124 Å². The van der Waals surface area contributed by atoms with Crippen LogP contribution in [0, 0.1) is 0 Å². The summed E-state index contributed by atoms with van der Waals surface area (Å²) in [7, 11) is -2.57. The smallest absolute Gasteiger partial charge is 0.377 e. The lowest BCUT2D eigenvalue weighted by molar-refractivity contribution is 0.123. The van der Waals surface area contributed by atoms with Gasteiger partial charge in [0.2, 0.25) is 0 Å². The number of nitrogens with one attached hydrogen (secondary N) is 2. The second-order valence-corrected chi connectivity index (χ2v) is 8.24. The van der Waals surface area contributed by atoms with Crippen molar-refractivity contribution in [1.82, 2.24) is 10.6 Å². The van der Waals surface area contributed by atoms with E-state index >= 15 is 0 Å². The fraction of sp³-hybridized carbons (Fsp3) is 0.889. The summed E-state index contributed by atoms with van der Waals surface area (Å²) in [6, 6.07) is 0.0989. The number of carbonyl (C=O) groups excluding carboxylic acids is 1. The molecule has 0 rings (SSSR count). The summed E-state index contributed by atoms with van der Waals surface area (Å²) < 4.78 is 30.2. The molecule has 126 valence electrons. The lowest BCUT2D eigenvalue weighted by Gasteiger charge is -2.24. The maximum Gasteiger partial charge on any atom is 0.500 e. The predicted octanol–water partition coefficient (Wildman–Crippen LogP) is -0.337. The average Bonchev–Trinajstić information content (AvgIpc) is 2.44. The molecule has 10 nitrogen and oxygen atoms in total. The Hall–Kier alpha value is -0.523. The molecule has 0 aliphatic heterocycles. The summed E-state index contributed by atoms with van der Waals surface area (Å²) in [4.78, 5) is 28.2. The highest BCUT2D eigenvalue weighted by Crippen LogP contribution is 2.34. The van der Waals surface area contributed by atoms with Crippen LogP contribution >= 0.6 is 7.82 Å². The molecule has 21 heavy (non-hydrogen) atoms. The number of amides is 2. The van der Waals surface area contributed by atoms with Crippen LogP contribution in [0.5, 0.6) is 0 Å². The Morgan fingerprint density at radius 2 is 1.62 bits per heavy atom. The van der Waals surface area contributed by atoms with Gasteiger partial charge in [0.1, 0.15) is 0 Å². The van der Waals surface area contributed by atoms with E-state index in [1.54, 1.807) is 0 Å². The molecule has 0 atom stereocenters. The molecule has 0 aliphatic carbocycles. The van der Waals surface area contributed by atoms with Gasteiger partial charge in [0.15, 0.2) is 0 Å². The molecule has 0 aromatic rings. The molecule has 0 fully saturated rings. The van der Waals surface area contributed by atoms with E-state index in [2.05, 4.69) is 15.2 Å². The van der Waals surface area contributed by atoms with Gasteiger partial charge in [0, 0.05) is 40.5 Å². The summed E-state index contributed by atoms with van der Waals surface area (Å²) >= 11 is 0. The summed E-state index contributed by atoms with van der Waals surface area (Å²) in [5.74, 6) is 0. The second-order valence-electron chi connectivity index (χ2n) is 3.91. The number of carbonyl (C=O) groups is 1. The van der Waals surface area contributed by atoms with Crippen LogP contribution in [0.4, 0.5) is 4.79 Å². The van der Waals surface area contributed by atoms with Gasteiger partial charge in [0.25, 0.3) is 0 Å². The Kier molecular flexibility index (Phi) is 9.99. The van der Waals surface area contributed by atoms with Crippen LogP contribution in [0.1, 0.15) is 6.42 Å². The van der Waals surface area contributed by atoms with Crippen molar-refractivity contribution < 1.29 is 36.9 Å². The van der Waals surface area contributed by atoms with E-state index in [1.165, 1.54) is 21.3 Å². The third-order valence-corrected chi connectivity index (χ3v) is 5.88. The van der Waals surface area contributed by atoms with Crippen molar-refractivity contribution in [3.8, 4) is 0 Å². The minimum absolute atomic E-state index is 0.0101. The summed E-state index contributed by atoms with van der Waals surface area (Å²) in [6.07, 6.45) is 0.605. The first-order chi connectivity index (χ1) is 9.78. The first-order valence-corrected chi connectivity index (χ1v) is 9.62. The minimum Gasteiger partial charge on any atom is -0.377 e. The first kappa shape index (κ1) is 20.5. The Bertz CT molecular complexity index is 340. The van der Waals surface area contributed by atoms with E-state index in [9.17, 15) is 9.36 Å². The van der Waals surface area contributed by atoms with Crippen molar-refractivity contribution in [3.05, 3.63) is 0 Å². The Morgan fingerprint density at radius 3 is 2.10 bits per heavy atom. The van der Waals surface area contributed by atoms with Gasteiger partial charge in [-0.3, -0.25) is 4.52 Å². The van der Waals surface area contributed by atoms with Crippen LogP contribution in [0.3, 0.4) is 0 Å². The van der Waals surface area contributed by atoms with Crippen LogP contribution in [0.2, 0.25) is 6.04 Å². The predicted molar refractivity (Wildman–Crippen MR) is 75.6 cm³/mol. The number of urea groups is 1. The van der Waals surface area contributed by atoms with Crippen molar-refractivity contribution in [3.63, 3.8) is 0 Å². The molecule has 0 heterocycles. The third kappa shape index (κ3) is 9.93. The molecular formula is C9H23N2O8PSi. The van der Waals surface area contributed by atoms with Crippen molar-refractivity contribution in [1.29, 1.82) is 0 Å². The molecule has 0 saturated heterocycles. The fourth-order valence-electron chi connectivity index (χ4n) is 1.45. The van der Waals surface area contributed by atoms with Crippen molar-refractivity contribution >= 4 is 22.7 Å². The van der Waals surface area contributed by atoms with Crippen LogP contribution in [0.15, 0.2) is 0 Å². The zero-order valence-electron chi connectivity index (χ0n) is 12.3. The summed E-state index contributed by atoms with van der Waals surface area (Å²) in [6.45, 7) is 0.102. The number of phosphoric ester groups is 1. The van der Waals surface area contributed by atoms with E-state index in [0.717, 1.165) is 0 Å². The molecule has 0 aliphatic rings. The molecule has 0 unspecified atom stereocenters. The van der Waals surface area contributed by atoms with Gasteiger partial charge < -0.3 is 33.7 Å².